The van der Waals surface area contributed by atoms with Crippen LogP contribution in [0.3, 0.4) is 0 Å². The van der Waals surface area contributed by atoms with Crippen molar-refractivity contribution >= 4 is 11.8 Å². The van der Waals surface area contributed by atoms with E-state index in [1.165, 1.54) is 24.0 Å². The van der Waals surface area contributed by atoms with Gasteiger partial charge in [-0.3, -0.25) is 0 Å². The SMILES string of the molecule is CSc1cc(C2CCC(c3ccccc3)CC2)cc(F)c1C. The second kappa shape index (κ2) is 6.87. The van der Waals surface area contributed by atoms with Gasteiger partial charge in [0, 0.05) is 4.90 Å². The van der Waals surface area contributed by atoms with Gasteiger partial charge in [0.2, 0.25) is 0 Å². The molecule has 1 aliphatic carbocycles. The van der Waals surface area contributed by atoms with Crippen molar-refractivity contribution in [1.82, 2.24) is 0 Å². The summed E-state index contributed by atoms with van der Waals surface area (Å²) in [6.07, 6.45) is 6.77. The highest BCUT2D eigenvalue weighted by Gasteiger charge is 2.24. The topological polar surface area (TPSA) is 0 Å². The minimum absolute atomic E-state index is 0.0490. The van der Waals surface area contributed by atoms with Gasteiger partial charge in [0.05, 0.1) is 0 Å². The molecule has 2 aromatic carbocycles. The van der Waals surface area contributed by atoms with Crippen LogP contribution in [0.2, 0.25) is 0 Å². The average molecular weight is 314 g/mol. The van der Waals surface area contributed by atoms with E-state index < -0.39 is 0 Å². The number of rotatable bonds is 3. The van der Waals surface area contributed by atoms with E-state index in [2.05, 4.69) is 36.4 Å². The molecule has 0 unspecified atom stereocenters. The Morgan fingerprint density at radius 3 is 2.09 bits per heavy atom. The fourth-order valence-corrected chi connectivity index (χ4v) is 4.26. The third-order valence-electron chi connectivity index (χ3n) is 5.01. The zero-order valence-corrected chi connectivity index (χ0v) is 14.1. The molecular weight excluding hydrogens is 291 g/mol. The summed E-state index contributed by atoms with van der Waals surface area (Å²) in [6, 6.07) is 14.8. The van der Waals surface area contributed by atoms with Crippen LogP contribution in [-0.2, 0) is 0 Å². The molecule has 0 aromatic heterocycles. The maximum atomic E-state index is 14.1. The standard InChI is InChI=1S/C20H23FS/c1-14-19(21)12-18(13-20(14)22-2)17-10-8-16(9-11-17)15-6-4-3-5-7-15/h3-7,12-13,16-17H,8-11H2,1-2H3. The van der Waals surface area contributed by atoms with Crippen LogP contribution in [0.4, 0.5) is 4.39 Å². The molecular formula is C20H23FS. The van der Waals surface area contributed by atoms with E-state index in [9.17, 15) is 4.39 Å². The Hall–Kier alpha value is -1.28. The first-order valence-electron chi connectivity index (χ1n) is 8.08. The van der Waals surface area contributed by atoms with Gasteiger partial charge in [-0.25, -0.2) is 4.39 Å². The summed E-state index contributed by atoms with van der Waals surface area (Å²) in [5.74, 6) is 1.14. The summed E-state index contributed by atoms with van der Waals surface area (Å²) in [5, 5.41) is 0. The van der Waals surface area contributed by atoms with Crippen molar-refractivity contribution in [2.45, 2.75) is 49.3 Å². The maximum absolute atomic E-state index is 14.1. The molecule has 116 valence electrons. The summed E-state index contributed by atoms with van der Waals surface area (Å²) in [4.78, 5) is 1.08. The molecule has 0 nitrogen and oxygen atoms in total. The van der Waals surface area contributed by atoms with Crippen molar-refractivity contribution in [3.05, 3.63) is 65.0 Å². The van der Waals surface area contributed by atoms with Crippen molar-refractivity contribution < 1.29 is 4.39 Å². The largest absolute Gasteiger partial charge is 0.207 e. The Morgan fingerprint density at radius 1 is 0.909 bits per heavy atom. The zero-order valence-electron chi connectivity index (χ0n) is 13.3. The second-order valence-electron chi connectivity index (χ2n) is 6.29. The molecule has 2 heteroatoms. The number of hydrogen-bond donors (Lipinski definition) is 0. The molecule has 0 N–H and O–H groups in total. The van der Waals surface area contributed by atoms with Crippen molar-refractivity contribution in [3.63, 3.8) is 0 Å². The molecule has 0 atom stereocenters. The van der Waals surface area contributed by atoms with E-state index in [0.29, 0.717) is 11.8 Å². The summed E-state index contributed by atoms with van der Waals surface area (Å²) in [6.45, 7) is 1.87. The molecule has 0 heterocycles. The van der Waals surface area contributed by atoms with Gasteiger partial charge in [0.15, 0.2) is 0 Å². The van der Waals surface area contributed by atoms with Crippen LogP contribution in [0, 0.1) is 12.7 Å². The fraction of sp³-hybridized carbons (Fsp3) is 0.400. The zero-order chi connectivity index (χ0) is 15.5. The first-order chi connectivity index (χ1) is 10.7. The molecule has 1 saturated carbocycles. The normalized spacial score (nSPS) is 21.8. The quantitative estimate of drug-likeness (QED) is 0.599. The van der Waals surface area contributed by atoms with Gasteiger partial charge in [-0.05, 0) is 79.5 Å². The highest BCUT2D eigenvalue weighted by molar-refractivity contribution is 7.98. The van der Waals surface area contributed by atoms with E-state index in [1.54, 1.807) is 17.8 Å². The Balaban J connectivity index is 1.73. The van der Waals surface area contributed by atoms with E-state index in [0.717, 1.165) is 23.3 Å². The molecule has 0 saturated heterocycles. The van der Waals surface area contributed by atoms with Crippen LogP contribution in [-0.4, -0.2) is 6.26 Å². The Morgan fingerprint density at radius 2 is 1.50 bits per heavy atom. The lowest BCUT2D eigenvalue weighted by Gasteiger charge is -2.29. The number of halogens is 1. The van der Waals surface area contributed by atoms with Crippen LogP contribution in [0.25, 0.3) is 0 Å². The molecule has 1 fully saturated rings. The minimum atomic E-state index is -0.0490. The van der Waals surface area contributed by atoms with Crippen molar-refractivity contribution in [1.29, 1.82) is 0 Å². The van der Waals surface area contributed by atoms with Crippen LogP contribution in [0.5, 0.6) is 0 Å². The number of benzene rings is 2. The van der Waals surface area contributed by atoms with Crippen LogP contribution in [0.15, 0.2) is 47.4 Å². The number of hydrogen-bond acceptors (Lipinski definition) is 1. The smallest absolute Gasteiger partial charge is 0.127 e. The van der Waals surface area contributed by atoms with Crippen LogP contribution in [0.1, 0.15) is 54.2 Å². The molecule has 0 spiro atoms. The molecule has 0 amide bonds. The van der Waals surface area contributed by atoms with E-state index in [1.807, 2.05) is 13.2 Å². The number of thioether (sulfide) groups is 1. The highest BCUT2D eigenvalue weighted by atomic mass is 32.2. The molecule has 2 aromatic rings. The molecule has 0 bridgehead atoms. The Labute approximate surface area is 137 Å². The van der Waals surface area contributed by atoms with E-state index in [4.69, 9.17) is 0 Å². The lowest BCUT2D eigenvalue weighted by Crippen LogP contribution is -2.12. The summed E-state index contributed by atoms with van der Waals surface area (Å²) in [5.41, 5.74) is 3.44. The van der Waals surface area contributed by atoms with Gasteiger partial charge in [0.25, 0.3) is 0 Å². The minimum Gasteiger partial charge on any atom is -0.207 e. The molecule has 0 radical (unpaired) electrons. The van der Waals surface area contributed by atoms with Gasteiger partial charge in [-0.15, -0.1) is 11.8 Å². The monoisotopic (exact) mass is 314 g/mol. The molecule has 0 aliphatic heterocycles. The van der Waals surface area contributed by atoms with E-state index in [-0.39, 0.29) is 5.82 Å². The van der Waals surface area contributed by atoms with Gasteiger partial charge >= 0.3 is 0 Å². The predicted octanol–water partition coefficient (Wildman–Crippen LogP) is 6.30. The summed E-state index contributed by atoms with van der Waals surface area (Å²) in [7, 11) is 0. The lowest BCUT2D eigenvalue weighted by atomic mass is 9.76. The van der Waals surface area contributed by atoms with Crippen molar-refractivity contribution in [2.24, 2.45) is 0 Å². The summed E-state index contributed by atoms with van der Waals surface area (Å²) >= 11 is 1.65. The Kier molecular flexibility index (Phi) is 4.87. The van der Waals surface area contributed by atoms with Crippen molar-refractivity contribution in [3.8, 4) is 0 Å². The highest BCUT2D eigenvalue weighted by Crippen LogP contribution is 2.41. The molecule has 22 heavy (non-hydrogen) atoms. The third-order valence-corrected chi connectivity index (χ3v) is 5.87. The van der Waals surface area contributed by atoms with E-state index >= 15 is 0 Å². The fourth-order valence-electron chi connectivity index (χ4n) is 3.61. The van der Waals surface area contributed by atoms with Gasteiger partial charge in [-0.1, -0.05) is 30.3 Å². The van der Waals surface area contributed by atoms with Crippen LogP contribution >= 0.6 is 11.8 Å². The average Bonchev–Trinajstić information content (AvgIpc) is 2.58. The van der Waals surface area contributed by atoms with Gasteiger partial charge in [-0.2, -0.15) is 0 Å². The lowest BCUT2D eigenvalue weighted by molar-refractivity contribution is 0.395. The molecule has 3 rings (SSSR count). The van der Waals surface area contributed by atoms with Gasteiger partial charge < -0.3 is 0 Å². The third kappa shape index (κ3) is 3.22. The van der Waals surface area contributed by atoms with Crippen molar-refractivity contribution in [2.75, 3.05) is 6.26 Å². The Bertz CT molecular complexity index is 628. The van der Waals surface area contributed by atoms with Crippen LogP contribution < -0.4 is 0 Å². The second-order valence-corrected chi connectivity index (χ2v) is 7.14. The first-order valence-corrected chi connectivity index (χ1v) is 9.30. The predicted molar refractivity (Wildman–Crippen MR) is 93.3 cm³/mol. The first kappa shape index (κ1) is 15.6. The maximum Gasteiger partial charge on any atom is 0.127 e. The van der Waals surface area contributed by atoms with Gasteiger partial charge in [0.1, 0.15) is 5.82 Å². The summed E-state index contributed by atoms with van der Waals surface area (Å²) < 4.78 is 14.1. The molecule has 1 aliphatic rings.